The second kappa shape index (κ2) is 8.43. The van der Waals surface area contributed by atoms with Crippen LogP contribution in [0.4, 0.5) is 17.3 Å². The van der Waals surface area contributed by atoms with Gasteiger partial charge in [0.1, 0.15) is 11.6 Å². The quantitative estimate of drug-likeness (QED) is 0.685. The van der Waals surface area contributed by atoms with E-state index in [-0.39, 0.29) is 5.91 Å². The van der Waals surface area contributed by atoms with Crippen LogP contribution in [-0.4, -0.2) is 50.3 Å². The number of ether oxygens (including phenoxy) is 1. The first-order valence-electron chi connectivity index (χ1n) is 11.2. The monoisotopic (exact) mass is 484 g/mol. The Hall–Kier alpha value is -2.12. The molecule has 1 aromatic heterocycles. The van der Waals surface area contributed by atoms with Gasteiger partial charge >= 0.3 is 0 Å². The first kappa shape index (κ1) is 20.8. The van der Waals surface area contributed by atoms with Gasteiger partial charge in [-0.25, -0.2) is 4.98 Å². The molecule has 0 unspecified atom stereocenters. The number of anilines is 3. The summed E-state index contributed by atoms with van der Waals surface area (Å²) in [6.07, 6.45) is 5.19. The molecule has 0 bridgehead atoms. The van der Waals surface area contributed by atoms with Crippen molar-refractivity contribution in [2.75, 3.05) is 54.5 Å². The number of hydrogen-bond acceptors (Lipinski definition) is 5. The number of nitrogens with one attached hydrogen (secondary N) is 1. The predicted molar refractivity (Wildman–Crippen MR) is 127 cm³/mol. The minimum Gasteiger partial charge on any atom is -0.378 e. The second-order valence-electron chi connectivity index (χ2n) is 9.09. The fourth-order valence-corrected chi connectivity index (χ4v) is 5.06. The van der Waals surface area contributed by atoms with E-state index >= 15 is 0 Å². The Morgan fingerprint density at radius 2 is 1.77 bits per heavy atom. The number of pyridine rings is 1. The molecule has 1 amide bonds. The molecular formula is C24H29BrN4O2. The number of benzene rings is 1. The number of aryl methyl sites for hydroxylation is 1. The molecule has 0 atom stereocenters. The highest BCUT2D eigenvalue weighted by Crippen LogP contribution is 2.54. The van der Waals surface area contributed by atoms with E-state index in [2.05, 4.69) is 43.2 Å². The number of nitrogens with zero attached hydrogens (tertiary/aromatic N) is 3. The van der Waals surface area contributed by atoms with Gasteiger partial charge in [0.15, 0.2) is 0 Å². The molecule has 6 nitrogen and oxygen atoms in total. The molecule has 3 aliphatic rings. The molecule has 5 rings (SSSR count). The molecule has 1 aliphatic carbocycles. The second-order valence-corrected chi connectivity index (χ2v) is 10.0. The van der Waals surface area contributed by atoms with Crippen molar-refractivity contribution in [3.8, 4) is 0 Å². The van der Waals surface area contributed by atoms with E-state index in [4.69, 9.17) is 9.72 Å². The standard InChI is InChI=1S/C24H29BrN4O2/c1-17-14-21(26-22(15-17)29-10-12-31-13-11-29)27-23(30)19-3-2-18(25)16-20(19)28-8-6-24(4-5-24)7-9-28/h2-3,14-16H,4-13H2,1H3,(H,26,27,30). The zero-order valence-electron chi connectivity index (χ0n) is 18.0. The van der Waals surface area contributed by atoms with Crippen molar-refractivity contribution >= 4 is 39.2 Å². The fraction of sp³-hybridized carbons (Fsp3) is 0.500. The number of piperidine rings is 1. The highest BCUT2D eigenvalue weighted by atomic mass is 79.9. The van der Waals surface area contributed by atoms with Gasteiger partial charge in [0.2, 0.25) is 0 Å². The van der Waals surface area contributed by atoms with Gasteiger partial charge in [-0.2, -0.15) is 0 Å². The van der Waals surface area contributed by atoms with E-state index in [0.29, 0.717) is 30.0 Å². The molecule has 3 fully saturated rings. The molecule has 1 aromatic carbocycles. The average molecular weight is 485 g/mol. The van der Waals surface area contributed by atoms with Crippen molar-refractivity contribution in [2.45, 2.75) is 32.6 Å². The third-order valence-corrected chi connectivity index (χ3v) is 7.35. The summed E-state index contributed by atoms with van der Waals surface area (Å²) in [4.78, 5) is 22.6. The van der Waals surface area contributed by atoms with Crippen molar-refractivity contribution in [1.82, 2.24) is 4.98 Å². The maximum absolute atomic E-state index is 13.3. The molecule has 164 valence electrons. The largest absolute Gasteiger partial charge is 0.378 e. The molecule has 1 N–H and O–H groups in total. The summed E-state index contributed by atoms with van der Waals surface area (Å²) < 4.78 is 6.45. The van der Waals surface area contributed by atoms with Crippen molar-refractivity contribution in [3.63, 3.8) is 0 Å². The number of amides is 1. The van der Waals surface area contributed by atoms with Gasteiger partial charge in [-0.1, -0.05) is 15.9 Å². The van der Waals surface area contributed by atoms with Gasteiger partial charge in [0, 0.05) is 30.7 Å². The maximum Gasteiger partial charge on any atom is 0.258 e. The molecular weight excluding hydrogens is 456 g/mol. The smallest absolute Gasteiger partial charge is 0.258 e. The Morgan fingerprint density at radius 3 is 2.48 bits per heavy atom. The van der Waals surface area contributed by atoms with Crippen LogP contribution < -0.4 is 15.1 Å². The summed E-state index contributed by atoms with van der Waals surface area (Å²) in [5, 5.41) is 3.06. The molecule has 1 spiro atoms. The minimum atomic E-state index is -0.111. The van der Waals surface area contributed by atoms with Gasteiger partial charge in [-0.3, -0.25) is 4.79 Å². The van der Waals surface area contributed by atoms with Crippen LogP contribution in [0, 0.1) is 12.3 Å². The average Bonchev–Trinajstić information content (AvgIpc) is 3.53. The van der Waals surface area contributed by atoms with E-state index < -0.39 is 0 Å². The van der Waals surface area contributed by atoms with E-state index in [1.165, 1.54) is 25.7 Å². The SMILES string of the molecule is Cc1cc(NC(=O)c2ccc(Br)cc2N2CCC3(CC2)CC3)nc(N2CCOCC2)c1. The molecule has 2 aromatic rings. The van der Waals surface area contributed by atoms with Gasteiger partial charge in [0.25, 0.3) is 5.91 Å². The van der Waals surface area contributed by atoms with Crippen LogP contribution in [-0.2, 0) is 4.74 Å². The van der Waals surface area contributed by atoms with Crippen LogP contribution in [0.2, 0.25) is 0 Å². The fourth-order valence-electron chi connectivity index (χ4n) is 4.71. The van der Waals surface area contributed by atoms with E-state index in [9.17, 15) is 4.79 Å². The number of halogens is 1. The van der Waals surface area contributed by atoms with Crippen molar-refractivity contribution in [2.24, 2.45) is 5.41 Å². The predicted octanol–water partition coefficient (Wildman–Crippen LogP) is 4.62. The van der Waals surface area contributed by atoms with Crippen LogP contribution in [0.3, 0.4) is 0 Å². The summed E-state index contributed by atoms with van der Waals surface area (Å²) in [7, 11) is 0. The van der Waals surface area contributed by atoms with Crippen LogP contribution in [0.25, 0.3) is 0 Å². The van der Waals surface area contributed by atoms with Gasteiger partial charge in [-0.15, -0.1) is 0 Å². The van der Waals surface area contributed by atoms with Crippen LogP contribution in [0.1, 0.15) is 41.6 Å². The van der Waals surface area contributed by atoms with Gasteiger partial charge < -0.3 is 19.9 Å². The molecule has 7 heteroatoms. The first-order valence-corrected chi connectivity index (χ1v) is 12.0. The molecule has 31 heavy (non-hydrogen) atoms. The molecule has 2 aliphatic heterocycles. The summed E-state index contributed by atoms with van der Waals surface area (Å²) in [5.74, 6) is 1.37. The number of carbonyl (C=O) groups excluding carboxylic acids is 1. The Balaban J connectivity index is 1.36. The Morgan fingerprint density at radius 1 is 1.03 bits per heavy atom. The molecule has 1 saturated carbocycles. The third-order valence-electron chi connectivity index (χ3n) is 6.86. The summed E-state index contributed by atoms with van der Waals surface area (Å²) in [6, 6.07) is 9.91. The normalized spacial score (nSPS) is 20.1. The number of carbonyl (C=O) groups is 1. The summed E-state index contributed by atoms with van der Waals surface area (Å²) in [5.41, 5.74) is 3.38. The first-order chi connectivity index (χ1) is 15.0. The van der Waals surface area contributed by atoms with Crippen LogP contribution in [0.5, 0.6) is 0 Å². The Bertz CT molecular complexity index is 976. The highest BCUT2D eigenvalue weighted by Gasteiger charge is 2.44. The lowest BCUT2D eigenvalue weighted by molar-refractivity contribution is 0.102. The number of hydrogen-bond donors (Lipinski definition) is 1. The lowest BCUT2D eigenvalue weighted by atomic mass is 9.93. The molecule has 0 radical (unpaired) electrons. The molecule has 2 saturated heterocycles. The summed E-state index contributed by atoms with van der Waals surface area (Å²) >= 11 is 3.59. The van der Waals surface area contributed by atoms with Gasteiger partial charge in [-0.05, 0) is 73.9 Å². The highest BCUT2D eigenvalue weighted by molar-refractivity contribution is 9.10. The van der Waals surface area contributed by atoms with E-state index in [0.717, 1.165) is 47.7 Å². The zero-order chi connectivity index (χ0) is 21.4. The Kier molecular flexibility index (Phi) is 5.65. The number of morpholine rings is 1. The van der Waals surface area contributed by atoms with Crippen molar-refractivity contribution in [3.05, 3.63) is 45.9 Å². The summed E-state index contributed by atoms with van der Waals surface area (Å²) in [6.45, 7) is 7.11. The lowest BCUT2D eigenvalue weighted by Crippen LogP contribution is -2.37. The number of aromatic nitrogens is 1. The van der Waals surface area contributed by atoms with Crippen LogP contribution >= 0.6 is 15.9 Å². The van der Waals surface area contributed by atoms with E-state index in [1.54, 1.807) is 0 Å². The van der Waals surface area contributed by atoms with Crippen LogP contribution in [0.15, 0.2) is 34.8 Å². The van der Waals surface area contributed by atoms with Crippen molar-refractivity contribution in [1.29, 1.82) is 0 Å². The zero-order valence-corrected chi connectivity index (χ0v) is 19.6. The van der Waals surface area contributed by atoms with Crippen molar-refractivity contribution < 1.29 is 9.53 Å². The topological polar surface area (TPSA) is 57.7 Å². The van der Waals surface area contributed by atoms with Gasteiger partial charge in [0.05, 0.1) is 24.5 Å². The lowest BCUT2D eigenvalue weighted by Gasteiger charge is -2.35. The van der Waals surface area contributed by atoms with E-state index in [1.807, 2.05) is 25.1 Å². The Labute approximate surface area is 192 Å². The maximum atomic E-state index is 13.3. The number of rotatable bonds is 4. The third kappa shape index (κ3) is 4.58. The minimum absolute atomic E-state index is 0.111. The molecule has 3 heterocycles.